The van der Waals surface area contributed by atoms with Gasteiger partial charge in [-0.05, 0) is 113 Å². The molecule has 0 spiro atoms. The molecule has 1 heteroatoms. The van der Waals surface area contributed by atoms with Gasteiger partial charge in [-0.1, -0.05) is 69.1 Å². The van der Waals surface area contributed by atoms with Crippen molar-refractivity contribution in [3.63, 3.8) is 0 Å². The second-order valence-corrected chi connectivity index (χ2v) is 12.6. The molecular formula is C30H50O. The van der Waals surface area contributed by atoms with E-state index >= 15 is 0 Å². The van der Waals surface area contributed by atoms with Crippen molar-refractivity contribution in [2.45, 2.75) is 126 Å². The van der Waals surface area contributed by atoms with Gasteiger partial charge in [-0.25, -0.2) is 0 Å². The quantitative estimate of drug-likeness (QED) is 0.403. The molecule has 0 aromatic heterocycles. The SMILES string of the molecule is CC(C)=CCCC(C)=CCCC(C)C1(C)CCC2=C1CCC1C2(C)CCC(O)C1(C)C. The third-order valence-electron chi connectivity index (χ3n) is 10.1. The molecule has 0 heterocycles. The molecule has 5 unspecified atom stereocenters. The number of rotatable bonds is 7. The van der Waals surface area contributed by atoms with E-state index < -0.39 is 0 Å². The second kappa shape index (κ2) is 9.20. The summed E-state index contributed by atoms with van der Waals surface area (Å²) in [6.07, 6.45) is 17.0. The summed E-state index contributed by atoms with van der Waals surface area (Å²) in [6, 6.07) is 0. The lowest BCUT2D eigenvalue weighted by molar-refractivity contribution is -0.0890. The summed E-state index contributed by atoms with van der Waals surface area (Å²) in [4.78, 5) is 0. The van der Waals surface area contributed by atoms with Crippen LogP contribution in [0, 0.1) is 28.1 Å². The Kier molecular flexibility index (Phi) is 7.37. The van der Waals surface area contributed by atoms with Gasteiger partial charge < -0.3 is 5.11 Å². The van der Waals surface area contributed by atoms with Gasteiger partial charge >= 0.3 is 0 Å². The fraction of sp³-hybridized carbons (Fsp3) is 0.800. The molecule has 0 saturated heterocycles. The van der Waals surface area contributed by atoms with Gasteiger partial charge in [0.05, 0.1) is 6.10 Å². The lowest BCUT2D eigenvalue weighted by atomic mass is 9.49. The largest absolute Gasteiger partial charge is 0.393 e. The topological polar surface area (TPSA) is 20.2 Å². The predicted octanol–water partition coefficient (Wildman–Crippen LogP) is 8.79. The van der Waals surface area contributed by atoms with Crippen molar-refractivity contribution >= 4 is 0 Å². The van der Waals surface area contributed by atoms with E-state index in [0.29, 0.717) is 16.7 Å². The van der Waals surface area contributed by atoms with Crippen molar-refractivity contribution in [2.75, 3.05) is 0 Å². The zero-order valence-electron chi connectivity index (χ0n) is 21.9. The molecule has 1 saturated carbocycles. The van der Waals surface area contributed by atoms with Gasteiger partial charge in [-0.3, -0.25) is 0 Å². The van der Waals surface area contributed by atoms with Crippen LogP contribution in [0.25, 0.3) is 0 Å². The van der Waals surface area contributed by atoms with Crippen molar-refractivity contribution in [3.8, 4) is 0 Å². The molecule has 31 heavy (non-hydrogen) atoms. The highest BCUT2D eigenvalue weighted by Crippen LogP contribution is 2.66. The summed E-state index contributed by atoms with van der Waals surface area (Å²) in [5, 5.41) is 10.7. The highest BCUT2D eigenvalue weighted by molar-refractivity contribution is 5.37. The van der Waals surface area contributed by atoms with Crippen LogP contribution in [0.5, 0.6) is 0 Å². The molecule has 1 nitrogen and oxygen atoms in total. The molecule has 3 rings (SSSR count). The van der Waals surface area contributed by atoms with Crippen molar-refractivity contribution < 1.29 is 5.11 Å². The zero-order valence-corrected chi connectivity index (χ0v) is 21.9. The monoisotopic (exact) mass is 426 g/mol. The number of hydrogen-bond donors (Lipinski definition) is 1. The minimum Gasteiger partial charge on any atom is -0.393 e. The van der Waals surface area contributed by atoms with Gasteiger partial charge in [0.25, 0.3) is 0 Å². The first kappa shape index (κ1) is 24.8. The molecule has 0 aromatic rings. The molecule has 0 amide bonds. The fourth-order valence-electron chi connectivity index (χ4n) is 7.61. The van der Waals surface area contributed by atoms with E-state index in [9.17, 15) is 5.11 Å². The minimum atomic E-state index is -0.133. The Morgan fingerprint density at radius 1 is 0.968 bits per heavy atom. The summed E-state index contributed by atoms with van der Waals surface area (Å²) in [6.45, 7) is 19.0. The molecule has 0 aromatic carbocycles. The third kappa shape index (κ3) is 4.64. The Hall–Kier alpha value is -0.820. The number of aliphatic hydroxyl groups excluding tert-OH is 1. The van der Waals surface area contributed by atoms with E-state index in [1.54, 1.807) is 5.57 Å². The Balaban J connectivity index is 1.70. The van der Waals surface area contributed by atoms with Gasteiger partial charge in [0.2, 0.25) is 0 Å². The van der Waals surface area contributed by atoms with Gasteiger partial charge in [-0.2, -0.15) is 0 Å². The lowest BCUT2D eigenvalue weighted by Gasteiger charge is -2.57. The van der Waals surface area contributed by atoms with Crippen molar-refractivity contribution in [1.82, 2.24) is 0 Å². The molecule has 0 bridgehead atoms. The highest BCUT2D eigenvalue weighted by Gasteiger charge is 2.57. The van der Waals surface area contributed by atoms with Crippen LogP contribution >= 0.6 is 0 Å². The fourth-order valence-corrected chi connectivity index (χ4v) is 7.61. The van der Waals surface area contributed by atoms with Crippen molar-refractivity contribution in [1.29, 1.82) is 0 Å². The van der Waals surface area contributed by atoms with Crippen LogP contribution in [0.4, 0.5) is 0 Å². The van der Waals surface area contributed by atoms with Crippen LogP contribution in [0.1, 0.15) is 120 Å². The summed E-state index contributed by atoms with van der Waals surface area (Å²) < 4.78 is 0. The van der Waals surface area contributed by atoms with Gasteiger partial charge in [0.1, 0.15) is 0 Å². The summed E-state index contributed by atoms with van der Waals surface area (Å²) in [7, 11) is 0. The third-order valence-corrected chi connectivity index (χ3v) is 10.1. The summed E-state index contributed by atoms with van der Waals surface area (Å²) in [5.41, 5.74) is 7.37. The molecule has 176 valence electrons. The Labute approximate surface area is 193 Å². The predicted molar refractivity (Wildman–Crippen MR) is 135 cm³/mol. The average Bonchev–Trinajstić information content (AvgIpc) is 3.04. The Morgan fingerprint density at radius 2 is 1.68 bits per heavy atom. The molecular weight excluding hydrogens is 376 g/mol. The Bertz CT molecular complexity index is 746. The van der Waals surface area contributed by atoms with Crippen LogP contribution in [0.2, 0.25) is 0 Å². The van der Waals surface area contributed by atoms with Crippen LogP contribution in [0.3, 0.4) is 0 Å². The first-order valence-corrected chi connectivity index (χ1v) is 13.1. The van der Waals surface area contributed by atoms with E-state index in [1.165, 1.54) is 63.4 Å². The van der Waals surface area contributed by atoms with Crippen molar-refractivity contribution in [3.05, 3.63) is 34.4 Å². The van der Waals surface area contributed by atoms with Gasteiger partial charge in [-0.15, -0.1) is 0 Å². The van der Waals surface area contributed by atoms with Crippen LogP contribution < -0.4 is 0 Å². The van der Waals surface area contributed by atoms with Gasteiger partial charge in [0, 0.05) is 0 Å². The van der Waals surface area contributed by atoms with Crippen LogP contribution in [-0.2, 0) is 0 Å². The number of aliphatic hydroxyl groups is 1. The Morgan fingerprint density at radius 3 is 2.35 bits per heavy atom. The van der Waals surface area contributed by atoms with Crippen LogP contribution in [-0.4, -0.2) is 11.2 Å². The number of fused-ring (bicyclic) bond motifs is 2. The molecule has 1 N–H and O–H groups in total. The number of hydrogen-bond acceptors (Lipinski definition) is 1. The first-order valence-electron chi connectivity index (χ1n) is 13.1. The van der Waals surface area contributed by atoms with E-state index in [-0.39, 0.29) is 11.5 Å². The van der Waals surface area contributed by atoms with E-state index in [0.717, 1.165) is 12.3 Å². The molecule has 3 aliphatic rings. The average molecular weight is 427 g/mol. The highest BCUT2D eigenvalue weighted by atomic mass is 16.3. The maximum Gasteiger partial charge on any atom is 0.0594 e. The first-order chi connectivity index (χ1) is 14.4. The molecule has 0 radical (unpaired) electrons. The zero-order chi connectivity index (χ0) is 23.0. The molecule has 1 fully saturated rings. The second-order valence-electron chi connectivity index (χ2n) is 12.6. The molecule has 5 atom stereocenters. The standard InChI is InChI=1S/C30H50O/c1-21(2)11-9-12-22(3)13-10-14-23(4)29(7)19-17-25-24(29)15-16-26-28(5,6)27(31)18-20-30(25,26)8/h11,13,23,26-27,31H,9-10,12,14-20H2,1-8H3. The van der Waals surface area contributed by atoms with E-state index in [1.807, 2.05) is 11.1 Å². The normalized spacial score (nSPS) is 36.1. The molecule has 3 aliphatic carbocycles. The number of allylic oxidation sites excluding steroid dienone is 6. The van der Waals surface area contributed by atoms with Gasteiger partial charge in [0.15, 0.2) is 0 Å². The lowest BCUT2D eigenvalue weighted by Crippen LogP contribution is -2.52. The maximum absolute atomic E-state index is 10.7. The van der Waals surface area contributed by atoms with E-state index in [2.05, 4.69) is 67.5 Å². The molecule has 0 aliphatic heterocycles. The smallest absolute Gasteiger partial charge is 0.0594 e. The minimum absolute atomic E-state index is 0.0456. The maximum atomic E-state index is 10.7. The summed E-state index contributed by atoms with van der Waals surface area (Å²) >= 11 is 0. The van der Waals surface area contributed by atoms with E-state index in [4.69, 9.17) is 0 Å². The summed E-state index contributed by atoms with van der Waals surface area (Å²) in [5.74, 6) is 1.37. The van der Waals surface area contributed by atoms with Crippen molar-refractivity contribution in [2.24, 2.45) is 28.1 Å². The van der Waals surface area contributed by atoms with Crippen LogP contribution in [0.15, 0.2) is 34.4 Å².